The van der Waals surface area contributed by atoms with Gasteiger partial charge in [0.1, 0.15) is 0 Å². The van der Waals surface area contributed by atoms with Crippen molar-refractivity contribution in [1.82, 2.24) is 9.97 Å². The normalized spacial score (nSPS) is 10.4. The quantitative estimate of drug-likeness (QED) is 0.468. The molecule has 1 heterocycles. The molecule has 0 aromatic carbocycles. The summed E-state index contributed by atoms with van der Waals surface area (Å²) in [6.07, 6.45) is 0. The number of rotatable bonds is 4. The molecular formula is C7H13N3O3. The lowest BCUT2D eigenvalue weighted by Gasteiger charge is -2.13. The van der Waals surface area contributed by atoms with Gasteiger partial charge in [-0.05, 0) is 6.92 Å². The zero-order valence-electron chi connectivity index (χ0n) is 7.61. The highest BCUT2D eigenvalue weighted by atomic mass is 17.1. The standard InChI is InChI=1S/C7H13N3O3/c1-5-6(11)9-7(8-5)10(2)3-4-13-12/h11-12H,3-4H2,1-2H3,(H,8,9). The largest absolute Gasteiger partial charge is 0.492 e. The van der Waals surface area contributed by atoms with Crippen LogP contribution in [0.4, 0.5) is 5.95 Å². The average Bonchev–Trinajstić information content (AvgIpc) is 2.43. The number of aromatic nitrogens is 2. The maximum atomic E-state index is 9.16. The van der Waals surface area contributed by atoms with Crippen LogP contribution in [0, 0.1) is 6.92 Å². The maximum absolute atomic E-state index is 9.16. The van der Waals surface area contributed by atoms with Crippen molar-refractivity contribution in [3.05, 3.63) is 5.69 Å². The van der Waals surface area contributed by atoms with Crippen LogP contribution in [-0.2, 0) is 4.89 Å². The molecule has 0 fully saturated rings. The fourth-order valence-electron chi connectivity index (χ4n) is 0.900. The first kappa shape index (κ1) is 9.82. The molecule has 0 unspecified atom stereocenters. The van der Waals surface area contributed by atoms with Crippen molar-refractivity contribution in [2.45, 2.75) is 6.92 Å². The summed E-state index contributed by atoms with van der Waals surface area (Å²) in [5.74, 6) is 0.541. The Hall–Kier alpha value is -1.27. The van der Waals surface area contributed by atoms with Crippen molar-refractivity contribution in [1.29, 1.82) is 0 Å². The number of hydrogen-bond acceptors (Lipinski definition) is 5. The van der Waals surface area contributed by atoms with Crippen molar-refractivity contribution >= 4 is 5.95 Å². The van der Waals surface area contributed by atoms with Crippen molar-refractivity contribution in [3.63, 3.8) is 0 Å². The molecule has 1 rings (SSSR count). The lowest BCUT2D eigenvalue weighted by Crippen LogP contribution is -2.23. The van der Waals surface area contributed by atoms with Crippen LogP contribution >= 0.6 is 0 Å². The van der Waals surface area contributed by atoms with E-state index in [-0.39, 0.29) is 12.5 Å². The molecule has 0 atom stereocenters. The zero-order chi connectivity index (χ0) is 9.84. The van der Waals surface area contributed by atoms with Gasteiger partial charge in [0.2, 0.25) is 11.8 Å². The third-order valence-corrected chi connectivity index (χ3v) is 1.73. The van der Waals surface area contributed by atoms with Crippen LogP contribution in [0.5, 0.6) is 5.88 Å². The molecule has 0 aliphatic rings. The van der Waals surface area contributed by atoms with Gasteiger partial charge in [0.15, 0.2) is 0 Å². The fourth-order valence-corrected chi connectivity index (χ4v) is 0.900. The van der Waals surface area contributed by atoms with E-state index < -0.39 is 0 Å². The van der Waals surface area contributed by atoms with E-state index in [1.54, 1.807) is 18.9 Å². The van der Waals surface area contributed by atoms with E-state index in [0.717, 1.165) is 0 Å². The third-order valence-electron chi connectivity index (χ3n) is 1.73. The molecule has 6 heteroatoms. The van der Waals surface area contributed by atoms with Crippen molar-refractivity contribution in [2.24, 2.45) is 0 Å². The van der Waals surface area contributed by atoms with Gasteiger partial charge in [-0.1, -0.05) is 0 Å². The molecular weight excluding hydrogens is 174 g/mol. The average molecular weight is 187 g/mol. The first-order chi connectivity index (χ1) is 6.15. The number of nitrogens with zero attached hydrogens (tertiary/aromatic N) is 2. The summed E-state index contributed by atoms with van der Waals surface area (Å²) < 4.78 is 0. The molecule has 0 bridgehead atoms. The van der Waals surface area contributed by atoms with Crippen LogP contribution in [0.25, 0.3) is 0 Å². The summed E-state index contributed by atoms with van der Waals surface area (Å²) in [7, 11) is 1.77. The number of anilines is 1. The molecule has 1 aromatic rings. The van der Waals surface area contributed by atoms with Gasteiger partial charge in [-0.15, -0.1) is 0 Å². The highest BCUT2D eigenvalue weighted by molar-refractivity contribution is 5.35. The van der Waals surface area contributed by atoms with E-state index >= 15 is 0 Å². The topological polar surface area (TPSA) is 81.6 Å². The highest BCUT2D eigenvalue weighted by Gasteiger charge is 2.08. The van der Waals surface area contributed by atoms with Crippen molar-refractivity contribution < 1.29 is 15.3 Å². The Morgan fingerprint density at radius 1 is 1.62 bits per heavy atom. The molecule has 0 radical (unpaired) electrons. The minimum absolute atomic E-state index is 0.00762. The van der Waals surface area contributed by atoms with Crippen molar-refractivity contribution in [2.75, 3.05) is 25.1 Å². The Morgan fingerprint density at radius 3 is 2.77 bits per heavy atom. The molecule has 0 aliphatic heterocycles. The predicted octanol–water partition coefficient (Wildman–Crippen LogP) is 0.350. The summed E-state index contributed by atoms with van der Waals surface area (Å²) in [6.45, 7) is 2.40. The number of hydrogen-bond donors (Lipinski definition) is 3. The molecule has 6 nitrogen and oxygen atoms in total. The Balaban J connectivity index is 2.60. The molecule has 0 saturated carbocycles. The molecule has 1 aromatic heterocycles. The number of nitrogens with one attached hydrogen (secondary N) is 1. The summed E-state index contributed by atoms with van der Waals surface area (Å²) in [5.41, 5.74) is 0.617. The lowest BCUT2D eigenvalue weighted by molar-refractivity contribution is -0.239. The van der Waals surface area contributed by atoms with E-state index in [4.69, 9.17) is 10.4 Å². The van der Waals surface area contributed by atoms with Gasteiger partial charge >= 0.3 is 0 Å². The van der Waals surface area contributed by atoms with E-state index in [1.807, 2.05) is 0 Å². The van der Waals surface area contributed by atoms with Gasteiger partial charge in [0, 0.05) is 13.6 Å². The molecule has 13 heavy (non-hydrogen) atoms. The van der Waals surface area contributed by atoms with Gasteiger partial charge in [0.05, 0.1) is 12.3 Å². The van der Waals surface area contributed by atoms with Gasteiger partial charge < -0.3 is 15.0 Å². The first-order valence-electron chi connectivity index (χ1n) is 3.88. The maximum Gasteiger partial charge on any atom is 0.233 e. The van der Waals surface area contributed by atoms with Crippen LogP contribution < -0.4 is 4.90 Å². The molecule has 0 aliphatic carbocycles. The van der Waals surface area contributed by atoms with Gasteiger partial charge in [-0.25, -0.2) is 4.89 Å². The first-order valence-corrected chi connectivity index (χ1v) is 3.88. The minimum Gasteiger partial charge on any atom is -0.492 e. The summed E-state index contributed by atoms with van der Waals surface area (Å²) in [6, 6.07) is 0. The van der Waals surface area contributed by atoms with Crippen molar-refractivity contribution in [3.8, 4) is 5.88 Å². The van der Waals surface area contributed by atoms with Gasteiger partial charge in [-0.3, -0.25) is 5.26 Å². The van der Waals surface area contributed by atoms with Crippen LogP contribution in [0.15, 0.2) is 0 Å². The lowest BCUT2D eigenvalue weighted by atomic mass is 10.5. The second kappa shape index (κ2) is 4.11. The molecule has 74 valence electrons. The van der Waals surface area contributed by atoms with Crippen LogP contribution in [0.2, 0.25) is 0 Å². The molecule has 0 amide bonds. The second-order valence-electron chi connectivity index (χ2n) is 2.76. The smallest absolute Gasteiger partial charge is 0.233 e. The summed E-state index contributed by atoms with van der Waals surface area (Å²) >= 11 is 0. The van der Waals surface area contributed by atoms with E-state index in [9.17, 15) is 0 Å². The van der Waals surface area contributed by atoms with Crippen LogP contribution in [-0.4, -0.2) is 40.5 Å². The number of imidazole rings is 1. The van der Waals surface area contributed by atoms with E-state index in [2.05, 4.69) is 14.9 Å². The minimum atomic E-state index is -0.00762. The van der Waals surface area contributed by atoms with E-state index in [0.29, 0.717) is 18.2 Å². The summed E-state index contributed by atoms with van der Waals surface area (Å²) in [4.78, 5) is 12.4. The molecule has 0 spiro atoms. The SMILES string of the molecule is Cc1[nH]c(N(C)CCOO)nc1O. The molecule has 0 saturated heterocycles. The second-order valence-corrected chi connectivity index (χ2v) is 2.76. The van der Waals surface area contributed by atoms with E-state index in [1.165, 1.54) is 0 Å². The van der Waals surface area contributed by atoms with Gasteiger partial charge in [-0.2, -0.15) is 4.98 Å². The number of likely N-dealkylation sites (N-methyl/N-ethyl adjacent to an activating group) is 1. The monoisotopic (exact) mass is 187 g/mol. The highest BCUT2D eigenvalue weighted by Crippen LogP contribution is 2.16. The number of aromatic hydroxyl groups is 1. The summed E-state index contributed by atoms with van der Waals surface area (Å²) in [5, 5.41) is 17.3. The third kappa shape index (κ3) is 2.33. The number of H-pyrrole nitrogens is 1. The zero-order valence-corrected chi connectivity index (χ0v) is 7.61. The Bertz CT molecular complexity index is 254. The Labute approximate surface area is 75.7 Å². The van der Waals surface area contributed by atoms with Crippen LogP contribution in [0.3, 0.4) is 0 Å². The molecule has 3 N–H and O–H groups in total. The van der Waals surface area contributed by atoms with Gasteiger partial charge in [0.25, 0.3) is 0 Å². The Morgan fingerprint density at radius 2 is 2.31 bits per heavy atom. The fraction of sp³-hybridized carbons (Fsp3) is 0.571. The van der Waals surface area contributed by atoms with Crippen LogP contribution in [0.1, 0.15) is 5.69 Å². The number of aryl methyl sites for hydroxylation is 1. The predicted molar refractivity (Wildman–Crippen MR) is 46.8 cm³/mol. The number of aromatic amines is 1. The Kier molecular flexibility index (Phi) is 3.10.